The minimum atomic E-state index is -0.980. The van der Waals surface area contributed by atoms with E-state index in [1.807, 2.05) is 31.9 Å². The Bertz CT molecular complexity index is 1660. The number of benzene rings is 2. The second kappa shape index (κ2) is 13.7. The number of esters is 1. The number of hydrogen-bond donors (Lipinski definition) is 4. The predicted octanol–water partition coefficient (Wildman–Crippen LogP) is 3.07. The van der Waals surface area contributed by atoms with E-state index in [9.17, 15) is 24.6 Å². The van der Waals surface area contributed by atoms with Crippen LogP contribution in [0.4, 0.5) is 0 Å². The number of phenolic OH excluding ortho intramolecular Hbond substituents is 1. The fraction of sp³-hybridized carbons (Fsp3) is 0.583. The highest BCUT2D eigenvalue weighted by Gasteiger charge is 2.56. The van der Waals surface area contributed by atoms with Gasteiger partial charge >= 0.3 is 5.97 Å². The molecular formula is C36H48N4O9. The summed E-state index contributed by atoms with van der Waals surface area (Å²) < 4.78 is 23.4. The second-order valence-corrected chi connectivity index (χ2v) is 13.7. The number of likely N-dealkylation sites (N-methyl/N-ethyl adjacent to an activating group) is 1. The number of amides is 2. The van der Waals surface area contributed by atoms with E-state index in [0.29, 0.717) is 59.0 Å². The van der Waals surface area contributed by atoms with Gasteiger partial charge in [-0.2, -0.15) is 0 Å². The van der Waals surface area contributed by atoms with Gasteiger partial charge in [0.1, 0.15) is 18.0 Å². The van der Waals surface area contributed by atoms with Crippen LogP contribution in [0, 0.1) is 13.8 Å². The molecule has 0 aromatic heterocycles. The van der Waals surface area contributed by atoms with E-state index in [1.54, 1.807) is 6.92 Å². The molecule has 1 unspecified atom stereocenters. The summed E-state index contributed by atoms with van der Waals surface area (Å²) in [6, 6.07) is -0.597. The molecular weight excluding hydrogens is 632 g/mol. The number of ether oxygens (including phenoxy) is 4. The third-order valence-electron chi connectivity index (χ3n) is 10.6. The number of aromatic hydroxyl groups is 1. The van der Waals surface area contributed by atoms with Gasteiger partial charge in [-0.05, 0) is 58.2 Å². The molecule has 2 bridgehead atoms. The Hall–Kier alpha value is -4.07. The average Bonchev–Trinajstić information content (AvgIpc) is 3.54. The molecule has 4 aliphatic rings. The first-order chi connectivity index (χ1) is 23.4. The topological polar surface area (TPSA) is 159 Å². The van der Waals surface area contributed by atoms with Gasteiger partial charge in [-0.15, -0.1) is 0 Å². The second-order valence-electron chi connectivity index (χ2n) is 13.7. The van der Waals surface area contributed by atoms with E-state index in [2.05, 4.69) is 22.5 Å². The normalized spacial score (nSPS) is 24.3. The van der Waals surface area contributed by atoms with Crippen molar-refractivity contribution in [2.45, 2.75) is 110 Å². The van der Waals surface area contributed by atoms with Crippen molar-refractivity contribution >= 4 is 17.8 Å². The van der Waals surface area contributed by atoms with Crippen LogP contribution in [0.15, 0.2) is 6.07 Å². The lowest BCUT2D eigenvalue weighted by Crippen LogP contribution is -2.69. The Labute approximate surface area is 286 Å². The minimum absolute atomic E-state index is 0.0350. The molecule has 0 aliphatic carbocycles. The van der Waals surface area contributed by atoms with Crippen LogP contribution in [-0.2, 0) is 27.2 Å². The summed E-state index contributed by atoms with van der Waals surface area (Å²) in [6.45, 7) is 8.76. The van der Waals surface area contributed by atoms with Crippen LogP contribution < -0.4 is 29.6 Å². The SMILES string of the molecule is CCCCCC(=O)N[C@@H](C)C(=O)NC[C@H]1c2c(c(OC(C)=O)c(C)c3c2OCO3)CC2[C@@H]3c4c(cc(C)c(OC)c4O)C[C@@H]([C@H](O)N21)N3C. The summed E-state index contributed by atoms with van der Waals surface area (Å²) in [4.78, 5) is 42.6. The molecule has 4 N–H and O–H groups in total. The van der Waals surface area contributed by atoms with E-state index >= 15 is 0 Å². The molecule has 6 atom stereocenters. The summed E-state index contributed by atoms with van der Waals surface area (Å²) in [7, 11) is 3.47. The van der Waals surface area contributed by atoms with Gasteiger partial charge in [0.05, 0.1) is 25.2 Å². The van der Waals surface area contributed by atoms with Crippen LogP contribution in [0.2, 0.25) is 0 Å². The molecule has 13 heteroatoms. The molecule has 0 radical (unpaired) electrons. The number of unbranched alkanes of at least 4 members (excludes halogenated alkanes) is 2. The summed E-state index contributed by atoms with van der Waals surface area (Å²) in [5.74, 6) is 0.688. The van der Waals surface area contributed by atoms with Crippen LogP contribution in [0.1, 0.15) is 91.9 Å². The van der Waals surface area contributed by atoms with Gasteiger partial charge in [-0.1, -0.05) is 25.8 Å². The number of aryl methyl sites for hydroxylation is 1. The van der Waals surface area contributed by atoms with Gasteiger partial charge in [0.2, 0.25) is 18.6 Å². The first kappa shape index (κ1) is 34.8. The summed E-state index contributed by atoms with van der Waals surface area (Å²) in [5, 5.41) is 29.7. The van der Waals surface area contributed by atoms with E-state index in [0.717, 1.165) is 36.0 Å². The van der Waals surface area contributed by atoms with Crippen molar-refractivity contribution in [2.24, 2.45) is 0 Å². The fourth-order valence-electron chi connectivity index (χ4n) is 8.39. The molecule has 4 aliphatic heterocycles. The zero-order valence-electron chi connectivity index (χ0n) is 29.3. The van der Waals surface area contributed by atoms with Crippen molar-refractivity contribution in [3.05, 3.63) is 39.4 Å². The number of nitrogens with one attached hydrogen (secondary N) is 2. The number of phenols is 1. The standard InChI is InChI=1S/C36H48N4O9/c1-8-9-10-11-26(42)38-19(4)35(44)37-15-25-28-22(32(49-20(5)41)18(3)33-34(28)48-16-47-33)14-23-29-27-21(12-17(2)31(46-7)30(27)43)13-24(39(29)6)36(45)40(23)25/h12,19,23-25,29,36,43,45H,8-11,13-16H2,1-7H3,(H,37,44)(H,38,42)/t19-,23?,24-,25-,29+,36-/m0/s1. The molecule has 1 fully saturated rings. The summed E-state index contributed by atoms with van der Waals surface area (Å²) in [6.07, 6.45) is 2.85. The number of fused-ring (bicyclic) bond motifs is 9. The van der Waals surface area contributed by atoms with Crippen LogP contribution in [0.25, 0.3) is 0 Å². The third kappa shape index (κ3) is 5.95. The lowest BCUT2D eigenvalue weighted by Gasteiger charge is -2.60. The van der Waals surface area contributed by atoms with Crippen molar-refractivity contribution in [1.29, 1.82) is 0 Å². The quantitative estimate of drug-likeness (QED) is 0.166. The van der Waals surface area contributed by atoms with Crippen LogP contribution >= 0.6 is 0 Å². The number of rotatable bonds is 10. The number of carbonyl (C=O) groups excluding carboxylic acids is 3. The molecule has 1 saturated heterocycles. The Morgan fingerprint density at radius 2 is 1.82 bits per heavy atom. The Kier molecular flexibility index (Phi) is 9.71. The maximum absolute atomic E-state index is 13.5. The number of nitrogens with zero attached hydrogens (tertiary/aromatic N) is 2. The zero-order valence-corrected chi connectivity index (χ0v) is 29.3. The fourth-order valence-corrected chi connectivity index (χ4v) is 8.39. The number of piperazine rings is 1. The van der Waals surface area contributed by atoms with Gasteiger partial charge < -0.3 is 39.8 Å². The molecule has 0 saturated carbocycles. The third-order valence-corrected chi connectivity index (χ3v) is 10.6. The van der Waals surface area contributed by atoms with Crippen molar-refractivity contribution in [3.8, 4) is 28.7 Å². The largest absolute Gasteiger partial charge is 0.504 e. The maximum Gasteiger partial charge on any atom is 0.308 e. The molecule has 6 rings (SSSR count). The van der Waals surface area contributed by atoms with Crippen molar-refractivity contribution in [1.82, 2.24) is 20.4 Å². The number of aliphatic hydroxyl groups excluding tert-OH is 1. The first-order valence-corrected chi connectivity index (χ1v) is 17.2. The van der Waals surface area contributed by atoms with Crippen LogP contribution in [-0.4, -0.2) is 89.6 Å². The molecule has 2 aromatic rings. The van der Waals surface area contributed by atoms with Gasteiger partial charge in [0, 0.05) is 48.2 Å². The lowest BCUT2D eigenvalue weighted by atomic mass is 9.73. The Morgan fingerprint density at radius 1 is 1.08 bits per heavy atom. The van der Waals surface area contributed by atoms with Gasteiger partial charge in [-0.25, -0.2) is 0 Å². The van der Waals surface area contributed by atoms with Crippen molar-refractivity contribution < 1.29 is 43.5 Å². The molecule has 49 heavy (non-hydrogen) atoms. The number of carbonyl (C=O) groups is 3. The Balaban J connectivity index is 1.44. The maximum atomic E-state index is 13.5. The minimum Gasteiger partial charge on any atom is -0.504 e. The van der Waals surface area contributed by atoms with E-state index < -0.39 is 36.4 Å². The molecule has 2 amide bonds. The first-order valence-electron chi connectivity index (χ1n) is 17.2. The molecule has 266 valence electrons. The lowest BCUT2D eigenvalue weighted by molar-refractivity contribution is -0.172. The van der Waals surface area contributed by atoms with Crippen molar-refractivity contribution in [2.75, 3.05) is 27.5 Å². The summed E-state index contributed by atoms with van der Waals surface area (Å²) >= 11 is 0. The zero-order chi connectivity index (χ0) is 35.3. The highest BCUT2D eigenvalue weighted by molar-refractivity contribution is 5.87. The van der Waals surface area contributed by atoms with Crippen molar-refractivity contribution in [3.63, 3.8) is 0 Å². The van der Waals surface area contributed by atoms with E-state index in [-0.39, 0.29) is 36.9 Å². The number of aliphatic hydroxyl groups is 1. The van der Waals surface area contributed by atoms with E-state index in [1.165, 1.54) is 14.0 Å². The van der Waals surface area contributed by atoms with E-state index in [4.69, 9.17) is 18.9 Å². The summed E-state index contributed by atoms with van der Waals surface area (Å²) in [5.41, 5.74) is 4.44. The molecule has 4 heterocycles. The number of hydrogen-bond acceptors (Lipinski definition) is 11. The molecule has 0 spiro atoms. The average molecular weight is 681 g/mol. The van der Waals surface area contributed by atoms with Crippen LogP contribution in [0.3, 0.4) is 0 Å². The predicted molar refractivity (Wildman–Crippen MR) is 179 cm³/mol. The van der Waals surface area contributed by atoms with Gasteiger partial charge in [0.15, 0.2) is 23.0 Å². The molecule has 13 nitrogen and oxygen atoms in total. The highest BCUT2D eigenvalue weighted by atomic mass is 16.7. The number of methoxy groups -OCH3 is 1. The smallest absolute Gasteiger partial charge is 0.308 e. The molecule has 2 aromatic carbocycles. The monoisotopic (exact) mass is 680 g/mol. The Morgan fingerprint density at radius 3 is 2.51 bits per heavy atom. The highest BCUT2D eigenvalue weighted by Crippen LogP contribution is 2.58. The van der Waals surface area contributed by atoms with Crippen LogP contribution in [0.5, 0.6) is 28.7 Å². The van der Waals surface area contributed by atoms with Gasteiger partial charge in [-0.3, -0.25) is 24.2 Å². The van der Waals surface area contributed by atoms with Gasteiger partial charge in [0.25, 0.3) is 0 Å².